The Hall–Kier alpha value is -6.74. The van der Waals surface area contributed by atoms with Gasteiger partial charge in [0.15, 0.2) is 34.1 Å². The van der Waals surface area contributed by atoms with E-state index >= 15 is 0 Å². The minimum atomic E-state index is -1.35. The first-order chi connectivity index (χ1) is 25.8. The molecule has 0 spiro atoms. The van der Waals surface area contributed by atoms with Gasteiger partial charge in [-0.1, -0.05) is 12.1 Å². The van der Waals surface area contributed by atoms with Crippen molar-refractivity contribution in [3.63, 3.8) is 0 Å². The number of rotatable bonds is 6. The molecule has 3 aromatic carbocycles. The van der Waals surface area contributed by atoms with Gasteiger partial charge < -0.3 is 38.5 Å². The first-order valence-corrected chi connectivity index (χ1v) is 17.7. The van der Waals surface area contributed by atoms with Gasteiger partial charge in [-0.15, -0.1) is 22.7 Å². The zero-order chi connectivity index (χ0) is 36.8. The summed E-state index contributed by atoms with van der Waals surface area (Å²) in [5, 5.41) is 40.4. The van der Waals surface area contributed by atoms with Crippen molar-refractivity contribution in [2.75, 3.05) is 33.5 Å². The molecule has 0 unspecified atom stereocenters. The van der Waals surface area contributed by atoms with Crippen LogP contribution in [0.15, 0.2) is 60.7 Å². The van der Waals surface area contributed by atoms with Crippen LogP contribution in [0, 0.1) is 22.7 Å². The average molecular weight is 744 g/mol. The summed E-state index contributed by atoms with van der Waals surface area (Å²) in [5.41, 5.74) is 3.51. The molecule has 0 saturated carbocycles. The Morgan fingerprint density at radius 3 is 1.53 bits per heavy atom. The Labute approximate surface area is 307 Å². The first-order valence-electron chi connectivity index (χ1n) is 16.1. The van der Waals surface area contributed by atoms with E-state index in [0.717, 1.165) is 67.0 Å². The fourth-order valence-corrected chi connectivity index (χ4v) is 8.68. The Bertz CT molecular complexity index is 2700. The van der Waals surface area contributed by atoms with Crippen LogP contribution in [0.1, 0.15) is 11.1 Å². The molecule has 14 heteroatoms. The lowest BCUT2D eigenvalue weighted by Gasteiger charge is -2.14. The van der Waals surface area contributed by atoms with Crippen LogP contribution in [0.4, 0.5) is 0 Å². The van der Waals surface area contributed by atoms with Crippen molar-refractivity contribution >= 4 is 79.7 Å². The fraction of sp³-hybridized carbons (Fsp3) is 0.128. The van der Waals surface area contributed by atoms with Crippen molar-refractivity contribution in [1.29, 1.82) is 10.5 Å². The van der Waals surface area contributed by atoms with Gasteiger partial charge in [-0.2, -0.15) is 10.5 Å². The fourth-order valence-electron chi connectivity index (χ4n) is 6.41. The largest absolute Gasteiger partial charge is 0.497 e. The van der Waals surface area contributed by atoms with Crippen molar-refractivity contribution in [3.8, 4) is 46.6 Å². The van der Waals surface area contributed by atoms with Crippen LogP contribution in [0.5, 0.6) is 28.7 Å². The molecule has 262 valence electrons. The number of hydrogen-bond acceptors (Lipinski definition) is 11. The molecule has 5 heterocycles. The van der Waals surface area contributed by atoms with E-state index in [0.29, 0.717) is 20.6 Å². The zero-order valence-corrected chi connectivity index (χ0v) is 29.3. The van der Waals surface area contributed by atoms with Gasteiger partial charge in [0.1, 0.15) is 44.3 Å². The Balaban J connectivity index is 1.36. The molecule has 0 aliphatic carbocycles. The number of aromatic nitrogens is 1. The molecule has 3 aromatic heterocycles. The van der Waals surface area contributed by atoms with E-state index in [1.807, 2.05) is 72.8 Å². The maximum Gasteiger partial charge on any atom is 0.348 e. The van der Waals surface area contributed by atoms with Gasteiger partial charge >= 0.3 is 11.9 Å². The van der Waals surface area contributed by atoms with E-state index in [-0.39, 0.29) is 47.0 Å². The van der Waals surface area contributed by atoms with E-state index in [1.54, 1.807) is 19.2 Å². The number of aliphatic carboxylic acids is 2. The summed E-state index contributed by atoms with van der Waals surface area (Å²) in [5.74, 6) is -0.680. The molecule has 2 N–H and O–H groups in total. The van der Waals surface area contributed by atoms with Crippen molar-refractivity contribution in [2.24, 2.45) is 0 Å². The molecule has 0 fully saturated rings. The highest BCUT2D eigenvalue weighted by molar-refractivity contribution is 7.09. The predicted molar refractivity (Wildman–Crippen MR) is 197 cm³/mol. The van der Waals surface area contributed by atoms with Gasteiger partial charge in [0.25, 0.3) is 0 Å². The molecule has 0 bridgehead atoms. The maximum absolute atomic E-state index is 11.9. The third kappa shape index (κ3) is 5.76. The molecular weight excluding hydrogens is 719 g/mol. The molecule has 53 heavy (non-hydrogen) atoms. The van der Waals surface area contributed by atoms with Crippen LogP contribution in [0.3, 0.4) is 0 Å². The van der Waals surface area contributed by atoms with Crippen molar-refractivity contribution < 1.29 is 43.5 Å². The first kappa shape index (κ1) is 33.4. The molecule has 0 amide bonds. The van der Waals surface area contributed by atoms with E-state index in [2.05, 4.69) is 4.57 Å². The molecule has 2 aliphatic heterocycles. The summed E-state index contributed by atoms with van der Waals surface area (Å²) in [7, 11) is 1.61. The van der Waals surface area contributed by atoms with Crippen LogP contribution in [0.2, 0.25) is 0 Å². The number of nitrogens with zero attached hydrogens (tertiary/aromatic N) is 3. The van der Waals surface area contributed by atoms with Crippen LogP contribution < -0.4 is 41.8 Å². The van der Waals surface area contributed by atoms with E-state index < -0.39 is 23.1 Å². The predicted octanol–water partition coefficient (Wildman–Crippen LogP) is 3.63. The minimum absolute atomic E-state index is 0.203. The highest BCUT2D eigenvalue weighted by atomic mass is 32.1. The molecule has 12 nitrogen and oxygen atoms in total. The summed E-state index contributed by atoms with van der Waals surface area (Å²) in [4.78, 5) is 23.7. The normalized spacial score (nSPS) is 15.2. The summed E-state index contributed by atoms with van der Waals surface area (Å²) in [6.45, 7) is 1.03. The number of thiophene rings is 2. The van der Waals surface area contributed by atoms with Gasteiger partial charge in [-0.25, -0.2) is 9.59 Å². The Morgan fingerprint density at radius 2 is 1.13 bits per heavy atom. The van der Waals surface area contributed by atoms with Crippen LogP contribution in [-0.2, 0) is 9.59 Å². The standard InChI is InChI=1S/C39H25N3O9S2/c1-47-23-6-4-22(5-7-23)42-28-8-2-20(16-30-32-34(50-12-10-48-32)36(52-30)26(18-40)38(43)44)14-24(28)25-15-21(3-9-29(25)42)17-31-33-35(51-13-11-49-33)37(53-31)27(19-41)39(45)46/h2-9,14-17H,10-13H2,1H3,(H,43,44)(H,45,46)/b30-16-,31-17-,36-26+,37-27+. The molecule has 0 atom stereocenters. The molecule has 0 saturated heterocycles. The summed E-state index contributed by atoms with van der Waals surface area (Å²) in [6, 6.07) is 23.3. The second-order valence-corrected chi connectivity index (χ2v) is 13.9. The van der Waals surface area contributed by atoms with Crippen molar-refractivity contribution in [3.05, 3.63) is 89.9 Å². The number of fused-ring (bicyclic) bond motifs is 5. The lowest BCUT2D eigenvalue weighted by atomic mass is 10.1. The third-order valence-electron chi connectivity index (χ3n) is 8.69. The highest BCUT2D eigenvalue weighted by Gasteiger charge is 2.24. The number of methoxy groups -OCH3 is 1. The maximum atomic E-state index is 11.9. The second-order valence-electron chi connectivity index (χ2n) is 11.8. The van der Waals surface area contributed by atoms with Crippen LogP contribution in [0.25, 0.3) is 50.8 Å². The topological polar surface area (TPSA) is 173 Å². The van der Waals surface area contributed by atoms with Gasteiger partial charge in [-0.3, -0.25) is 0 Å². The number of nitriles is 2. The van der Waals surface area contributed by atoms with Gasteiger partial charge in [0.2, 0.25) is 0 Å². The van der Waals surface area contributed by atoms with Gasteiger partial charge in [0.05, 0.1) is 36.3 Å². The molecule has 8 rings (SSSR count). The van der Waals surface area contributed by atoms with E-state index in [1.165, 1.54) is 0 Å². The lowest BCUT2D eigenvalue weighted by molar-refractivity contribution is -0.131. The zero-order valence-electron chi connectivity index (χ0n) is 27.7. The van der Waals surface area contributed by atoms with Crippen LogP contribution in [-0.4, -0.2) is 60.3 Å². The number of ether oxygens (including phenoxy) is 5. The van der Waals surface area contributed by atoms with Gasteiger partial charge in [-0.05, 0) is 71.8 Å². The number of hydrogen-bond donors (Lipinski definition) is 2. The van der Waals surface area contributed by atoms with E-state index in [9.17, 15) is 30.3 Å². The summed E-state index contributed by atoms with van der Waals surface area (Å²) < 4.78 is 32.6. The average Bonchev–Trinajstić information content (AvgIpc) is 3.82. The third-order valence-corrected chi connectivity index (χ3v) is 10.9. The van der Waals surface area contributed by atoms with Crippen molar-refractivity contribution in [2.45, 2.75) is 0 Å². The second kappa shape index (κ2) is 13.4. The minimum Gasteiger partial charge on any atom is -0.497 e. The van der Waals surface area contributed by atoms with Crippen molar-refractivity contribution in [1.82, 2.24) is 4.57 Å². The quantitative estimate of drug-likeness (QED) is 0.255. The molecule has 6 aromatic rings. The number of carboxylic acids is 2. The summed E-state index contributed by atoms with van der Waals surface area (Å²) in [6.07, 6.45) is 3.76. The number of carbonyl (C=O) groups is 2. The Kier molecular flexibility index (Phi) is 8.46. The molecular formula is C39H25N3O9S2. The molecule has 0 radical (unpaired) electrons. The number of carboxylic acid groups (broad SMARTS) is 2. The Morgan fingerprint density at radius 1 is 0.698 bits per heavy atom. The number of benzene rings is 3. The lowest BCUT2D eigenvalue weighted by Crippen LogP contribution is -2.20. The smallest absolute Gasteiger partial charge is 0.348 e. The van der Waals surface area contributed by atoms with Gasteiger partial charge in [0, 0.05) is 16.5 Å². The SMILES string of the molecule is COc1ccc(-n2c3ccc(/C=c4\s/c(=C(\C#N)C(=O)O)c5c4OCCO5)cc3c3cc(/C=c4\s/c(=C(\C#N)C(=O)O)c5c4OCCO5)ccc32)cc1. The monoisotopic (exact) mass is 743 g/mol. The highest BCUT2D eigenvalue weighted by Crippen LogP contribution is 2.35. The van der Waals surface area contributed by atoms with Crippen LogP contribution >= 0.6 is 22.7 Å². The van der Waals surface area contributed by atoms with E-state index in [4.69, 9.17) is 23.7 Å². The summed E-state index contributed by atoms with van der Waals surface area (Å²) >= 11 is 2.24. The molecule has 2 aliphatic rings.